The molecule has 1 aliphatic rings. The van der Waals surface area contributed by atoms with Gasteiger partial charge in [0, 0.05) is 0 Å². The first-order valence-electron chi connectivity index (χ1n) is 6.11. The Labute approximate surface area is 111 Å². The highest BCUT2D eigenvalue weighted by Gasteiger charge is 2.39. The van der Waals surface area contributed by atoms with Crippen LogP contribution >= 0.6 is 0 Å². The number of ether oxygens (including phenoxy) is 2. The Bertz CT molecular complexity index is 419. The molecule has 1 fully saturated rings. The molecular formula is C14H18O5. The minimum Gasteiger partial charge on any atom is -0.491 e. The summed E-state index contributed by atoms with van der Waals surface area (Å²) < 4.78 is 10.7. The molecule has 1 heterocycles. The third kappa shape index (κ3) is 3.33. The minimum absolute atomic E-state index is 0.0589. The van der Waals surface area contributed by atoms with Crippen LogP contribution in [0.1, 0.15) is 5.56 Å². The van der Waals surface area contributed by atoms with Crippen LogP contribution in [-0.2, 0) is 16.1 Å². The van der Waals surface area contributed by atoms with Gasteiger partial charge in [-0.1, -0.05) is 36.9 Å². The van der Waals surface area contributed by atoms with Gasteiger partial charge in [0.05, 0.1) is 6.61 Å². The van der Waals surface area contributed by atoms with Crippen LogP contribution in [0.4, 0.5) is 0 Å². The smallest absolute Gasteiger partial charge is 0.142 e. The second-order valence-corrected chi connectivity index (χ2v) is 4.54. The van der Waals surface area contributed by atoms with Crippen molar-refractivity contribution in [3.8, 4) is 0 Å². The second kappa shape index (κ2) is 6.16. The van der Waals surface area contributed by atoms with Crippen molar-refractivity contribution in [1.82, 2.24) is 0 Å². The molecule has 1 aromatic carbocycles. The average molecular weight is 266 g/mol. The molecule has 0 amide bonds. The van der Waals surface area contributed by atoms with Crippen molar-refractivity contribution in [3.63, 3.8) is 0 Å². The number of benzene rings is 1. The number of aliphatic hydroxyl groups is 3. The molecule has 3 N–H and O–H groups in total. The van der Waals surface area contributed by atoms with Crippen molar-refractivity contribution in [2.45, 2.75) is 31.0 Å². The van der Waals surface area contributed by atoms with E-state index in [1.54, 1.807) is 0 Å². The first-order chi connectivity index (χ1) is 9.09. The van der Waals surface area contributed by atoms with E-state index in [0.717, 1.165) is 5.56 Å². The van der Waals surface area contributed by atoms with E-state index in [2.05, 4.69) is 6.58 Å². The fourth-order valence-corrected chi connectivity index (χ4v) is 1.92. The molecule has 0 aromatic heterocycles. The van der Waals surface area contributed by atoms with Gasteiger partial charge in [-0.25, -0.2) is 0 Å². The lowest BCUT2D eigenvalue weighted by atomic mass is 9.99. The van der Waals surface area contributed by atoms with Crippen LogP contribution < -0.4 is 0 Å². The summed E-state index contributed by atoms with van der Waals surface area (Å²) in [6.45, 7) is 3.95. The Hall–Kier alpha value is -1.40. The van der Waals surface area contributed by atoms with E-state index in [1.807, 2.05) is 30.3 Å². The predicted octanol–water partition coefficient (Wildman–Crippen LogP) is 0.198. The van der Waals surface area contributed by atoms with E-state index in [9.17, 15) is 15.3 Å². The van der Waals surface area contributed by atoms with Gasteiger partial charge in [0.1, 0.15) is 36.8 Å². The van der Waals surface area contributed by atoms with Crippen molar-refractivity contribution in [2.75, 3.05) is 6.61 Å². The predicted molar refractivity (Wildman–Crippen MR) is 68.1 cm³/mol. The summed E-state index contributed by atoms with van der Waals surface area (Å²) in [7, 11) is 0. The van der Waals surface area contributed by atoms with Gasteiger partial charge in [-0.15, -0.1) is 0 Å². The lowest BCUT2D eigenvalue weighted by Crippen LogP contribution is -2.53. The zero-order valence-corrected chi connectivity index (χ0v) is 10.5. The third-order valence-electron chi connectivity index (χ3n) is 3.09. The summed E-state index contributed by atoms with van der Waals surface area (Å²) in [5.74, 6) is 0.238. The van der Waals surface area contributed by atoms with E-state index < -0.39 is 24.4 Å². The Balaban J connectivity index is 1.90. The van der Waals surface area contributed by atoms with Gasteiger partial charge in [-0.3, -0.25) is 0 Å². The standard InChI is InChI=1S/C14H18O5/c1-9(18-7-10-5-3-2-4-6-10)14-13(17)12(16)11(15)8-19-14/h2-6,11-17H,1,7-8H2/t11-,12?,13?,14?/m1/s1. The number of aliphatic hydroxyl groups excluding tert-OH is 3. The number of rotatable bonds is 4. The van der Waals surface area contributed by atoms with Gasteiger partial charge in [0.25, 0.3) is 0 Å². The van der Waals surface area contributed by atoms with Crippen LogP contribution in [0.25, 0.3) is 0 Å². The molecule has 4 atom stereocenters. The van der Waals surface area contributed by atoms with Gasteiger partial charge >= 0.3 is 0 Å². The molecule has 5 nitrogen and oxygen atoms in total. The SMILES string of the molecule is C=C(OCc1ccccc1)C1OC[C@@H](O)C(O)C1O. The number of hydrogen-bond acceptors (Lipinski definition) is 5. The molecular weight excluding hydrogens is 248 g/mol. The summed E-state index contributed by atoms with van der Waals surface area (Å²) in [5.41, 5.74) is 0.967. The van der Waals surface area contributed by atoms with Crippen LogP contribution in [0.3, 0.4) is 0 Å². The first kappa shape index (κ1) is 14.0. The highest BCUT2D eigenvalue weighted by molar-refractivity contribution is 5.14. The minimum atomic E-state index is -1.25. The van der Waals surface area contributed by atoms with Gasteiger partial charge in [0.15, 0.2) is 0 Å². The van der Waals surface area contributed by atoms with Crippen molar-refractivity contribution in [2.24, 2.45) is 0 Å². The van der Waals surface area contributed by atoms with Gasteiger partial charge in [0.2, 0.25) is 0 Å². The molecule has 0 aliphatic carbocycles. The Kier molecular flexibility index (Phi) is 4.55. The van der Waals surface area contributed by atoms with E-state index in [1.165, 1.54) is 0 Å². The van der Waals surface area contributed by atoms with Crippen molar-refractivity contribution in [1.29, 1.82) is 0 Å². The lowest BCUT2D eigenvalue weighted by molar-refractivity contribution is -0.185. The summed E-state index contributed by atoms with van der Waals surface area (Å²) >= 11 is 0. The summed E-state index contributed by atoms with van der Waals surface area (Å²) in [4.78, 5) is 0. The molecule has 0 radical (unpaired) electrons. The Morgan fingerprint density at radius 1 is 1.21 bits per heavy atom. The zero-order valence-electron chi connectivity index (χ0n) is 10.5. The first-order valence-corrected chi connectivity index (χ1v) is 6.11. The Morgan fingerprint density at radius 3 is 2.58 bits per heavy atom. The Morgan fingerprint density at radius 2 is 1.89 bits per heavy atom. The zero-order chi connectivity index (χ0) is 13.8. The van der Waals surface area contributed by atoms with Crippen LogP contribution in [0.15, 0.2) is 42.7 Å². The molecule has 19 heavy (non-hydrogen) atoms. The molecule has 5 heteroatoms. The summed E-state index contributed by atoms with van der Waals surface area (Å²) in [6, 6.07) is 9.51. The third-order valence-corrected chi connectivity index (χ3v) is 3.09. The van der Waals surface area contributed by atoms with Crippen LogP contribution in [0, 0.1) is 0 Å². The van der Waals surface area contributed by atoms with Crippen molar-refractivity contribution >= 4 is 0 Å². The van der Waals surface area contributed by atoms with Crippen molar-refractivity contribution in [3.05, 3.63) is 48.2 Å². The fourth-order valence-electron chi connectivity index (χ4n) is 1.92. The highest BCUT2D eigenvalue weighted by Crippen LogP contribution is 2.22. The molecule has 1 saturated heterocycles. The monoisotopic (exact) mass is 266 g/mol. The fraction of sp³-hybridized carbons (Fsp3) is 0.429. The van der Waals surface area contributed by atoms with Gasteiger partial charge < -0.3 is 24.8 Å². The van der Waals surface area contributed by atoms with Gasteiger partial charge in [-0.05, 0) is 5.56 Å². The van der Waals surface area contributed by atoms with Crippen LogP contribution in [0.2, 0.25) is 0 Å². The molecule has 0 saturated carbocycles. The topological polar surface area (TPSA) is 79.2 Å². The summed E-state index contributed by atoms with van der Waals surface area (Å²) in [6.07, 6.45) is -4.42. The van der Waals surface area contributed by atoms with E-state index in [-0.39, 0.29) is 12.4 Å². The molecule has 0 bridgehead atoms. The maximum atomic E-state index is 9.80. The molecule has 2 rings (SSSR count). The number of hydrogen-bond donors (Lipinski definition) is 3. The molecule has 3 unspecified atom stereocenters. The van der Waals surface area contributed by atoms with E-state index >= 15 is 0 Å². The van der Waals surface area contributed by atoms with Crippen LogP contribution in [-0.4, -0.2) is 46.3 Å². The quantitative estimate of drug-likeness (QED) is 0.678. The average Bonchev–Trinajstić information content (AvgIpc) is 2.43. The van der Waals surface area contributed by atoms with E-state index in [0.29, 0.717) is 6.61 Å². The molecule has 1 aromatic rings. The van der Waals surface area contributed by atoms with Crippen molar-refractivity contribution < 1.29 is 24.8 Å². The van der Waals surface area contributed by atoms with E-state index in [4.69, 9.17) is 9.47 Å². The normalized spacial score (nSPS) is 30.9. The van der Waals surface area contributed by atoms with Crippen LogP contribution in [0.5, 0.6) is 0 Å². The molecule has 1 aliphatic heterocycles. The summed E-state index contributed by atoms with van der Waals surface area (Å²) in [5, 5.41) is 28.7. The second-order valence-electron chi connectivity index (χ2n) is 4.54. The maximum Gasteiger partial charge on any atom is 0.142 e. The lowest BCUT2D eigenvalue weighted by Gasteiger charge is -2.35. The molecule has 104 valence electrons. The maximum absolute atomic E-state index is 9.80. The highest BCUT2D eigenvalue weighted by atomic mass is 16.6. The largest absolute Gasteiger partial charge is 0.491 e. The van der Waals surface area contributed by atoms with Gasteiger partial charge in [-0.2, -0.15) is 0 Å². The molecule has 0 spiro atoms.